The van der Waals surface area contributed by atoms with E-state index < -0.39 is 0 Å². The molecule has 0 saturated heterocycles. The maximum Gasteiger partial charge on any atom is 0.0810 e. The van der Waals surface area contributed by atoms with Crippen molar-refractivity contribution in [3.8, 4) is 11.3 Å². The molecule has 0 fully saturated rings. The lowest BCUT2D eigenvalue weighted by Gasteiger charge is -2.25. The van der Waals surface area contributed by atoms with E-state index in [4.69, 9.17) is 4.98 Å². The second-order valence-corrected chi connectivity index (χ2v) is 6.10. The van der Waals surface area contributed by atoms with Crippen LogP contribution in [-0.2, 0) is 0 Å². The van der Waals surface area contributed by atoms with Crippen LogP contribution >= 0.6 is 0 Å². The fourth-order valence-corrected chi connectivity index (χ4v) is 3.55. The smallest absolute Gasteiger partial charge is 0.0810 e. The Hall–Kier alpha value is -3.07. The van der Waals surface area contributed by atoms with Gasteiger partial charge in [-0.15, -0.1) is 0 Å². The number of benzene rings is 2. The molecule has 0 aliphatic carbocycles. The zero-order chi connectivity index (χ0) is 15.9. The summed E-state index contributed by atoms with van der Waals surface area (Å²) in [6.07, 6.45) is 8.72. The number of hydrogen-bond acceptors (Lipinski definition) is 3. The second kappa shape index (κ2) is 5.24. The monoisotopic (exact) mass is 311 g/mol. The molecular weight excluding hydrogens is 294 g/mol. The minimum atomic E-state index is 0.856. The molecule has 0 amide bonds. The lowest BCUT2D eigenvalue weighted by atomic mass is 9.94. The second-order valence-electron chi connectivity index (χ2n) is 6.10. The van der Waals surface area contributed by atoms with E-state index in [1.54, 1.807) is 0 Å². The molecule has 5 rings (SSSR count). The lowest BCUT2D eigenvalue weighted by molar-refractivity contribution is 1.26. The van der Waals surface area contributed by atoms with Crippen LogP contribution in [0.4, 0.5) is 11.4 Å². The highest BCUT2D eigenvalue weighted by molar-refractivity contribution is 6.07. The van der Waals surface area contributed by atoms with Crippen LogP contribution < -0.4 is 10.6 Å². The molecule has 1 aromatic heterocycles. The van der Waals surface area contributed by atoms with E-state index in [0.717, 1.165) is 29.9 Å². The van der Waals surface area contributed by atoms with Crippen LogP contribution in [0, 0.1) is 0 Å². The molecule has 2 aliphatic heterocycles. The van der Waals surface area contributed by atoms with E-state index in [-0.39, 0.29) is 0 Å². The topological polar surface area (TPSA) is 37.0 Å². The summed E-state index contributed by atoms with van der Waals surface area (Å²) in [7, 11) is 0. The van der Waals surface area contributed by atoms with Gasteiger partial charge in [0.15, 0.2) is 0 Å². The average molecular weight is 311 g/mol. The molecule has 116 valence electrons. The first-order valence-corrected chi connectivity index (χ1v) is 8.29. The predicted molar refractivity (Wildman–Crippen MR) is 102 cm³/mol. The van der Waals surface area contributed by atoms with Gasteiger partial charge in [0.1, 0.15) is 0 Å². The Labute approximate surface area is 140 Å². The summed E-state index contributed by atoms with van der Waals surface area (Å²) in [5.41, 5.74) is 7.98. The number of aromatic nitrogens is 1. The van der Waals surface area contributed by atoms with Gasteiger partial charge in [0, 0.05) is 35.2 Å². The number of rotatable bonds is 1. The maximum absolute atomic E-state index is 5.01. The highest BCUT2D eigenvalue weighted by Gasteiger charge is 2.20. The summed E-state index contributed by atoms with van der Waals surface area (Å²) in [6.45, 7) is 1.72. The molecule has 24 heavy (non-hydrogen) atoms. The van der Waals surface area contributed by atoms with Crippen LogP contribution in [0.1, 0.15) is 11.1 Å². The molecule has 3 aromatic rings. The van der Waals surface area contributed by atoms with Crippen molar-refractivity contribution >= 4 is 34.4 Å². The van der Waals surface area contributed by atoms with Crippen LogP contribution in [0.25, 0.3) is 34.3 Å². The van der Waals surface area contributed by atoms with Crippen LogP contribution in [0.15, 0.2) is 54.6 Å². The van der Waals surface area contributed by atoms with E-state index in [2.05, 4.69) is 71.3 Å². The minimum Gasteiger partial charge on any atom is -0.379 e. The molecule has 2 aromatic carbocycles. The molecule has 3 heteroatoms. The van der Waals surface area contributed by atoms with Gasteiger partial charge in [-0.3, -0.25) is 0 Å². The number of nitrogens with zero attached hydrogens (tertiary/aromatic N) is 1. The third-order valence-electron chi connectivity index (χ3n) is 4.66. The average Bonchev–Trinajstić information content (AvgIpc) is 2.68. The Bertz CT molecular complexity index is 1000. The highest BCUT2D eigenvalue weighted by atomic mass is 15.0. The van der Waals surface area contributed by atoms with Gasteiger partial charge >= 0.3 is 0 Å². The number of hydrogen-bond donors (Lipinski definition) is 2. The van der Waals surface area contributed by atoms with E-state index in [0.29, 0.717) is 0 Å². The summed E-state index contributed by atoms with van der Waals surface area (Å²) in [5, 5.41) is 8.23. The van der Waals surface area contributed by atoms with Crippen molar-refractivity contribution in [3.63, 3.8) is 0 Å². The third-order valence-corrected chi connectivity index (χ3v) is 4.66. The van der Waals surface area contributed by atoms with Gasteiger partial charge in [0.2, 0.25) is 0 Å². The summed E-state index contributed by atoms with van der Waals surface area (Å²) in [6, 6.07) is 14.7. The van der Waals surface area contributed by atoms with Gasteiger partial charge < -0.3 is 10.6 Å². The quantitative estimate of drug-likeness (QED) is 0.679. The van der Waals surface area contributed by atoms with Gasteiger partial charge in [0.25, 0.3) is 0 Å². The fourth-order valence-electron chi connectivity index (χ4n) is 3.55. The van der Waals surface area contributed by atoms with Crippen LogP contribution in [0.2, 0.25) is 0 Å². The number of anilines is 2. The Balaban J connectivity index is 1.85. The minimum absolute atomic E-state index is 0.856. The first-order chi connectivity index (χ1) is 11.9. The molecule has 3 heterocycles. The largest absolute Gasteiger partial charge is 0.379 e. The normalized spacial score (nSPS) is 14.7. The van der Waals surface area contributed by atoms with E-state index >= 15 is 0 Å². The van der Waals surface area contributed by atoms with Crippen LogP contribution in [0.5, 0.6) is 0 Å². The SMILES string of the molecule is C1=Cc2c(c3c(c4nc(-c5ccccc5)ccc24)C=CCN3)NC1. The Kier molecular flexibility index (Phi) is 2.92. The molecule has 0 atom stereocenters. The van der Waals surface area contributed by atoms with Crippen molar-refractivity contribution in [2.75, 3.05) is 23.7 Å². The molecule has 0 unspecified atom stereocenters. The molecule has 0 spiro atoms. The van der Waals surface area contributed by atoms with Gasteiger partial charge in [-0.05, 0) is 12.1 Å². The molecule has 3 nitrogen and oxygen atoms in total. The molecule has 0 bridgehead atoms. The number of fused-ring (bicyclic) bond motifs is 6. The molecule has 0 saturated carbocycles. The lowest BCUT2D eigenvalue weighted by Crippen LogP contribution is -2.13. The van der Waals surface area contributed by atoms with Crippen molar-refractivity contribution in [1.82, 2.24) is 4.98 Å². The van der Waals surface area contributed by atoms with Crippen molar-refractivity contribution in [2.45, 2.75) is 0 Å². The summed E-state index contributed by atoms with van der Waals surface area (Å²) >= 11 is 0. The predicted octanol–water partition coefficient (Wildman–Crippen LogP) is 4.78. The third kappa shape index (κ3) is 1.95. The standard InChI is InChI=1S/C21H17N3/c1-2-6-14(7-3-1)18-11-10-16-15-8-4-12-22-20(15)21-17(19(16)24-18)9-5-13-23-21/h1-11,22-23H,12-13H2. The Morgan fingerprint density at radius 1 is 0.750 bits per heavy atom. The molecule has 2 aliphatic rings. The van der Waals surface area contributed by atoms with Crippen molar-refractivity contribution < 1.29 is 0 Å². The first-order valence-electron chi connectivity index (χ1n) is 8.29. The molecular formula is C21H17N3. The van der Waals surface area contributed by atoms with E-state index in [9.17, 15) is 0 Å². The van der Waals surface area contributed by atoms with Crippen LogP contribution in [0.3, 0.4) is 0 Å². The molecule has 2 N–H and O–H groups in total. The zero-order valence-electron chi connectivity index (χ0n) is 13.2. The van der Waals surface area contributed by atoms with Gasteiger partial charge in [-0.2, -0.15) is 0 Å². The fraction of sp³-hybridized carbons (Fsp3) is 0.0952. The van der Waals surface area contributed by atoms with Crippen LogP contribution in [-0.4, -0.2) is 18.1 Å². The highest BCUT2D eigenvalue weighted by Crippen LogP contribution is 2.42. The molecule has 0 radical (unpaired) electrons. The Morgan fingerprint density at radius 3 is 2.25 bits per heavy atom. The number of nitrogens with one attached hydrogen (secondary N) is 2. The van der Waals surface area contributed by atoms with Crippen molar-refractivity contribution in [3.05, 3.63) is 65.7 Å². The number of pyridine rings is 1. The maximum atomic E-state index is 5.01. The summed E-state index contributed by atoms with van der Waals surface area (Å²) < 4.78 is 0. The Morgan fingerprint density at radius 2 is 1.46 bits per heavy atom. The van der Waals surface area contributed by atoms with Gasteiger partial charge in [0.05, 0.1) is 22.6 Å². The zero-order valence-corrected chi connectivity index (χ0v) is 13.2. The van der Waals surface area contributed by atoms with Crippen molar-refractivity contribution in [2.24, 2.45) is 0 Å². The summed E-state index contributed by atoms with van der Waals surface area (Å²) in [4.78, 5) is 5.01. The summed E-state index contributed by atoms with van der Waals surface area (Å²) in [5.74, 6) is 0. The van der Waals surface area contributed by atoms with E-state index in [1.165, 1.54) is 27.9 Å². The van der Waals surface area contributed by atoms with E-state index in [1.807, 2.05) is 6.07 Å². The van der Waals surface area contributed by atoms with Gasteiger partial charge in [-0.1, -0.05) is 54.6 Å². The van der Waals surface area contributed by atoms with Crippen molar-refractivity contribution in [1.29, 1.82) is 0 Å². The van der Waals surface area contributed by atoms with Gasteiger partial charge in [-0.25, -0.2) is 4.98 Å². The first kappa shape index (κ1) is 13.4.